The Morgan fingerprint density at radius 3 is 2.54 bits per heavy atom. The summed E-state index contributed by atoms with van der Waals surface area (Å²) in [6.45, 7) is 3.80. The molecule has 24 heavy (non-hydrogen) atoms. The van der Waals surface area contributed by atoms with E-state index in [1.54, 1.807) is 38.1 Å². The minimum atomic E-state index is -1.12. The van der Waals surface area contributed by atoms with Gasteiger partial charge in [0.05, 0.1) is 6.54 Å². The zero-order valence-corrected chi connectivity index (χ0v) is 14.1. The summed E-state index contributed by atoms with van der Waals surface area (Å²) in [6, 6.07) is 8.14. The normalized spacial score (nSPS) is 11.8. The van der Waals surface area contributed by atoms with E-state index < -0.39 is 11.9 Å². The van der Waals surface area contributed by atoms with Crippen molar-refractivity contribution in [1.29, 1.82) is 0 Å². The van der Waals surface area contributed by atoms with Crippen LogP contribution < -0.4 is 10.1 Å². The molecule has 0 aliphatic carbocycles. The molecule has 1 aromatic carbocycles. The molecule has 0 aliphatic rings. The first-order valence-electron chi connectivity index (χ1n) is 7.47. The van der Waals surface area contributed by atoms with Crippen molar-refractivity contribution in [2.45, 2.75) is 26.4 Å². The summed E-state index contributed by atoms with van der Waals surface area (Å²) < 4.78 is 10.9. The molecule has 0 radical (unpaired) electrons. The molecule has 0 fully saturated rings. The third kappa shape index (κ3) is 4.52. The first kappa shape index (κ1) is 17.9. The van der Waals surface area contributed by atoms with Crippen LogP contribution in [-0.2, 0) is 6.42 Å². The van der Waals surface area contributed by atoms with Gasteiger partial charge < -0.3 is 19.6 Å². The number of nitrogens with one attached hydrogen (secondary N) is 1. The van der Waals surface area contributed by atoms with E-state index in [1.165, 1.54) is 6.07 Å². The van der Waals surface area contributed by atoms with Crippen LogP contribution in [0.4, 0.5) is 0 Å². The summed E-state index contributed by atoms with van der Waals surface area (Å²) >= 11 is 5.80. The fourth-order valence-electron chi connectivity index (χ4n) is 2.09. The number of carboxylic acids is 1. The molecule has 1 aromatic heterocycles. The van der Waals surface area contributed by atoms with E-state index in [4.69, 9.17) is 25.9 Å². The predicted octanol–water partition coefficient (Wildman–Crippen LogP) is 3.39. The Labute approximate surface area is 144 Å². The summed E-state index contributed by atoms with van der Waals surface area (Å²) in [6.07, 6.45) is 0.111. The number of rotatable bonds is 7. The molecule has 0 saturated carbocycles. The Morgan fingerprint density at radius 2 is 2.00 bits per heavy atom. The molecule has 0 bridgehead atoms. The summed E-state index contributed by atoms with van der Waals surface area (Å²) in [7, 11) is 0. The van der Waals surface area contributed by atoms with Crippen molar-refractivity contribution in [3.05, 3.63) is 52.4 Å². The summed E-state index contributed by atoms with van der Waals surface area (Å²) in [5.74, 6) is -0.709. The number of furan rings is 1. The van der Waals surface area contributed by atoms with Gasteiger partial charge in [-0.15, -0.1) is 0 Å². The van der Waals surface area contributed by atoms with Gasteiger partial charge in [0, 0.05) is 17.5 Å². The maximum absolute atomic E-state index is 12.1. The highest BCUT2D eigenvalue weighted by molar-refractivity contribution is 6.30. The molecule has 2 N–H and O–H groups in total. The smallest absolute Gasteiger partial charge is 0.339 e. The predicted molar refractivity (Wildman–Crippen MR) is 88.9 cm³/mol. The van der Waals surface area contributed by atoms with Crippen molar-refractivity contribution in [3.63, 3.8) is 0 Å². The fourth-order valence-corrected chi connectivity index (χ4v) is 2.22. The monoisotopic (exact) mass is 351 g/mol. The Kier molecular flexibility index (Phi) is 5.87. The van der Waals surface area contributed by atoms with Crippen LogP contribution in [0.15, 0.2) is 34.7 Å². The van der Waals surface area contributed by atoms with Gasteiger partial charge in [-0.1, -0.05) is 18.5 Å². The molecule has 0 aliphatic heterocycles. The van der Waals surface area contributed by atoms with Gasteiger partial charge in [0.2, 0.25) is 0 Å². The second kappa shape index (κ2) is 7.88. The molecule has 1 amide bonds. The molecule has 2 rings (SSSR count). The van der Waals surface area contributed by atoms with Gasteiger partial charge in [-0.3, -0.25) is 4.79 Å². The molecule has 1 heterocycles. The molecule has 0 spiro atoms. The van der Waals surface area contributed by atoms with E-state index >= 15 is 0 Å². The highest BCUT2D eigenvalue weighted by atomic mass is 35.5. The zero-order valence-electron chi connectivity index (χ0n) is 13.3. The molecule has 7 heteroatoms. The number of carbonyl (C=O) groups is 2. The maximum atomic E-state index is 12.1. The van der Waals surface area contributed by atoms with Crippen LogP contribution in [-0.4, -0.2) is 29.6 Å². The van der Waals surface area contributed by atoms with Crippen LogP contribution in [0.5, 0.6) is 5.75 Å². The van der Waals surface area contributed by atoms with E-state index in [9.17, 15) is 9.59 Å². The van der Waals surface area contributed by atoms with Crippen molar-refractivity contribution in [1.82, 2.24) is 5.32 Å². The number of carbonyl (C=O) groups excluding carboxylic acids is 1. The lowest BCUT2D eigenvalue weighted by Crippen LogP contribution is -2.33. The minimum absolute atomic E-state index is 0.00751. The van der Waals surface area contributed by atoms with Crippen LogP contribution in [0.2, 0.25) is 5.02 Å². The van der Waals surface area contributed by atoms with Crippen LogP contribution in [0, 0.1) is 0 Å². The average molecular weight is 352 g/mol. The number of hydrogen-bond donors (Lipinski definition) is 2. The Bertz CT molecular complexity index is 723. The molecule has 2 aromatic rings. The Morgan fingerprint density at radius 1 is 1.33 bits per heavy atom. The summed E-state index contributed by atoms with van der Waals surface area (Å²) in [5.41, 5.74) is 0.00751. The number of carboxylic acid groups (broad SMARTS) is 1. The van der Waals surface area contributed by atoms with Gasteiger partial charge in [0.15, 0.2) is 5.76 Å². The quantitative estimate of drug-likeness (QED) is 0.798. The van der Waals surface area contributed by atoms with Crippen molar-refractivity contribution in [2.75, 3.05) is 6.54 Å². The SMILES string of the molecule is CCc1oc(C(=O)NCC(C)Oc2ccc(Cl)cc2)cc1C(=O)O. The summed E-state index contributed by atoms with van der Waals surface area (Å²) in [4.78, 5) is 23.2. The van der Waals surface area contributed by atoms with E-state index in [-0.39, 0.29) is 29.7 Å². The molecular formula is C17H18ClNO5. The molecule has 6 nitrogen and oxygen atoms in total. The average Bonchev–Trinajstić information content (AvgIpc) is 2.99. The highest BCUT2D eigenvalue weighted by Gasteiger charge is 2.20. The number of ether oxygens (including phenoxy) is 1. The van der Waals surface area contributed by atoms with Crippen molar-refractivity contribution in [3.8, 4) is 5.75 Å². The van der Waals surface area contributed by atoms with Crippen molar-refractivity contribution >= 4 is 23.5 Å². The number of hydrogen-bond acceptors (Lipinski definition) is 4. The molecule has 1 unspecified atom stereocenters. The lowest BCUT2D eigenvalue weighted by Gasteiger charge is -2.15. The lowest BCUT2D eigenvalue weighted by molar-refractivity contribution is 0.0694. The van der Waals surface area contributed by atoms with Gasteiger partial charge in [0.1, 0.15) is 23.2 Å². The van der Waals surface area contributed by atoms with Gasteiger partial charge in [0.25, 0.3) is 5.91 Å². The Balaban J connectivity index is 1.92. The fraction of sp³-hybridized carbons (Fsp3) is 0.294. The number of aryl methyl sites for hydroxylation is 1. The number of aromatic carboxylic acids is 1. The van der Waals surface area contributed by atoms with Crippen LogP contribution >= 0.6 is 11.6 Å². The van der Waals surface area contributed by atoms with Gasteiger partial charge in [-0.05, 0) is 31.2 Å². The number of halogens is 1. The number of benzene rings is 1. The summed E-state index contributed by atoms with van der Waals surface area (Å²) in [5, 5.41) is 12.3. The molecular weight excluding hydrogens is 334 g/mol. The first-order chi connectivity index (χ1) is 11.4. The second-order valence-corrected chi connectivity index (χ2v) is 5.64. The Hall–Kier alpha value is -2.47. The van der Waals surface area contributed by atoms with Gasteiger partial charge >= 0.3 is 5.97 Å². The van der Waals surface area contributed by atoms with Crippen molar-refractivity contribution in [2.24, 2.45) is 0 Å². The maximum Gasteiger partial charge on any atom is 0.339 e. The van der Waals surface area contributed by atoms with Crippen molar-refractivity contribution < 1.29 is 23.8 Å². The minimum Gasteiger partial charge on any atom is -0.489 e. The standard InChI is InChI=1S/C17H18ClNO5/c1-3-14-13(17(21)22)8-15(24-14)16(20)19-9-10(2)23-12-6-4-11(18)5-7-12/h4-8,10H,3,9H2,1-2H3,(H,19,20)(H,21,22). The van der Waals surface area contributed by atoms with E-state index in [0.29, 0.717) is 17.2 Å². The third-order valence-electron chi connectivity index (χ3n) is 3.29. The van der Waals surface area contributed by atoms with Crippen LogP contribution in [0.1, 0.15) is 40.5 Å². The van der Waals surface area contributed by atoms with Crippen LogP contribution in [0.25, 0.3) is 0 Å². The topological polar surface area (TPSA) is 88.8 Å². The molecule has 128 valence electrons. The van der Waals surface area contributed by atoms with E-state index in [1.807, 2.05) is 0 Å². The van der Waals surface area contributed by atoms with E-state index in [0.717, 1.165) is 0 Å². The largest absolute Gasteiger partial charge is 0.489 e. The van der Waals surface area contributed by atoms with Gasteiger partial charge in [-0.25, -0.2) is 4.79 Å². The lowest BCUT2D eigenvalue weighted by atomic mass is 10.2. The highest BCUT2D eigenvalue weighted by Crippen LogP contribution is 2.18. The first-order valence-corrected chi connectivity index (χ1v) is 7.85. The third-order valence-corrected chi connectivity index (χ3v) is 3.54. The molecule has 1 atom stereocenters. The zero-order chi connectivity index (χ0) is 17.7. The number of amides is 1. The second-order valence-electron chi connectivity index (χ2n) is 5.20. The molecule has 0 saturated heterocycles. The van der Waals surface area contributed by atoms with Gasteiger partial charge in [-0.2, -0.15) is 0 Å². The van der Waals surface area contributed by atoms with Crippen LogP contribution in [0.3, 0.4) is 0 Å². The van der Waals surface area contributed by atoms with E-state index in [2.05, 4.69) is 5.32 Å².